The van der Waals surface area contributed by atoms with Gasteiger partial charge in [0, 0.05) is 37.8 Å². The third kappa shape index (κ3) is 5.17. The number of nitrogens with one attached hydrogen (secondary N) is 1. The van der Waals surface area contributed by atoms with Gasteiger partial charge < -0.3 is 5.32 Å². The lowest BCUT2D eigenvalue weighted by molar-refractivity contribution is 0.0921. The van der Waals surface area contributed by atoms with Crippen molar-refractivity contribution in [2.45, 2.75) is 50.0 Å². The van der Waals surface area contributed by atoms with E-state index in [1.165, 1.54) is 14.7 Å². The van der Waals surface area contributed by atoms with Crippen LogP contribution in [0.4, 0.5) is 0 Å². The minimum atomic E-state index is -3.64. The van der Waals surface area contributed by atoms with Crippen molar-refractivity contribution in [2.75, 3.05) is 32.4 Å². The van der Waals surface area contributed by atoms with Crippen molar-refractivity contribution in [3.63, 3.8) is 0 Å². The molecular weight excluding hydrogens is 414 g/mol. The molecule has 2 saturated heterocycles. The van der Waals surface area contributed by atoms with Gasteiger partial charge in [0.05, 0.1) is 11.2 Å². The summed E-state index contributed by atoms with van der Waals surface area (Å²) in [7, 11) is -6.95. The molecule has 2 aliphatic rings. The van der Waals surface area contributed by atoms with Crippen LogP contribution in [0.15, 0.2) is 23.1 Å². The summed E-state index contributed by atoms with van der Waals surface area (Å²) in [5.41, 5.74) is 0.871. The van der Waals surface area contributed by atoms with Gasteiger partial charge in [0.2, 0.25) is 20.0 Å². The van der Waals surface area contributed by atoms with Crippen LogP contribution in [-0.2, 0) is 20.0 Å². The van der Waals surface area contributed by atoms with Gasteiger partial charge in [-0.05, 0) is 50.3 Å². The number of benzene rings is 1. The predicted molar refractivity (Wildman–Crippen MR) is 111 cm³/mol. The van der Waals surface area contributed by atoms with Crippen LogP contribution in [-0.4, -0.2) is 69.8 Å². The number of hydrogen-bond donors (Lipinski definition) is 1. The molecule has 1 aromatic rings. The Hall–Kier alpha value is -1.49. The molecule has 1 aromatic carbocycles. The largest absolute Gasteiger partial charge is 0.348 e. The van der Waals surface area contributed by atoms with E-state index in [1.807, 2.05) is 0 Å². The summed E-state index contributed by atoms with van der Waals surface area (Å²) in [6.07, 6.45) is 5.23. The van der Waals surface area contributed by atoms with E-state index < -0.39 is 20.0 Å². The quantitative estimate of drug-likeness (QED) is 0.739. The second-order valence-corrected chi connectivity index (χ2v) is 11.8. The summed E-state index contributed by atoms with van der Waals surface area (Å²) >= 11 is 0. The number of carbonyl (C=O) groups excluding carboxylic acids is 1. The number of nitrogens with zero attached hydrogens (tertiary/aromatic N) is 2. The van der Waals surface area contributed by atoms with Crippen molar-refractivity contribution in [3.8, 4) is 0 Å². The Morgan fingerprint density at radius 2 is 1.66 bits per heavy atom. The van der Waals surface area contributed by atoms with Gasteiger partial charge in [0.25, 0.3) is 5.91 Å². The highest BCUT2D eigenvalue weighted by molar-refractivity contribution is 7.89. The first-order valence-electron chi connectivity index (χ1n) is 9.96. The highest BCUT2D eigenvalue weighted by atomic mass is 32.2. The monoisotopic (exact) mass is 443 g/mol. The third-order valence-electron chi connectivity index (χ3n) is 5.57. The molecule has 2 fully saturated rings. The fraction of sp³-hybridized carbons (Fsp3) is 0.632. The summed E-state index contributed by atoms with van der Waals surface area (Å²) < 4.78 is 52.5. The van der Waals surface area contributed by atoms with Crippen LogP contribution in [0.1, 0.15) is 48.0 Å². The van der Waals surface area contributed by atoms with Crippen LogP contribution < -0.4 is 5.32 Å². The molecule has 0 bridgehead atoms. The molecule has 10 heteroatoms. The van der Waals surface area contributed by atoms with E-state index in [1.54, 1.807) is 19.1 Å². The average Bonchev–Trinajstić information content (AvgIpc) is 2.68. The van der Waals surface area contributed by atoms with Crippen LogP contribution in [0, 0.1) is 6.92 Å². The van der Waals surface area contributed by atoms with Gasteiger partial charge in [0.15, 0.2) is 0 Å². The maximum absolute atomic E-state index is 13.0. The maximum Gasteiger partial charge on any atom is 0.251 e. The van der Waals surface area contributed by atoms with Crippen molar-refractivity contribution in [1.82, 2.24) is 13.9 Å². The first kappa shape index (κ1) is 22.2. The van der Waals surface area contributed by atoms with Crippen molar-refractivity contribution in [1.29, 1.82) is 0 Å². The van der Waals surface area contributed by atoms with Crippen molar-refractivity contribution in [2.24, 2.45) is 0 Å². The summed E-state index contributed by atoms with van der Waals surface area (Å²) in [5, 5.41) is 2.86. The zero-order chi connectivity index (χ0) is 21.2. The molecule has 0 spiro atoms. The molecule has 162 valence electrons. The fourth-order valence-electron chi connectivity index (χ4n) is 3.89. The summed E-state index contributed by atoms with van der Waals surface area (Å²) in [4.78, 5) is 12.9. The van der Waals surface area contributed by atoms with Gasteiger partial charge in [-0.1, -0.05) is 12.5 Å². The Bertz CT molecular complexity index is 970. The summed E-state index contributed by atoms with van der Waals surface area (Å²) in [6.45, 7) is 3.41. The second kappa shape index (κ2) is 8.71. The van der Waals surface area contributed by atoms with Gasteiger partial charge in [-0.2, -0.15) is 4.31 Å². The van der Waals surface area contributed by atoms with Crippen molar-refractivity contribution < 1.29 is 21.6 Å². The Balaban J connectivity index is 1.77. The standard InChI is InChI=1S/C19H29N3O5S2/c1-15-8-9-16(13-18(15)29(26,27)21-10-4-3-5-11-21)19(23)20-17-7-6-12-22(14-17)28(2,24)25/h8-9,13,17H,3-7,10-12,14H2,1-2H3,(H,20,23). The van der Waals surface area contributed by atoms with E-state index in [-0.39, 0.29) is 29.0 Å². The third-order valence-corrected chi connectivity index (χ3v) is 8.88. The molecule has 0 aliphatic carbocycles. The van der Waals surface area contributed by atoms with Crippen molar-refractivity contribution >= 4 is 26.0 Å². The zero-order valence-electron chi connectivity index (χ0n) is 16.9. The van der Waals surface area contributed by atoms with E-state index in [2.05, 4.69) is 5.32 Å². The lowest BCUT2D eigenvalue weighted by Crippen LogP contribution is -2.49. The van der Waals surface area contributed by atoms with E-state index >= 15 is 0 Å². The first-order chi connectivity index (χ1) is 13.6. The molecule has 0 radical (unpaired) electrons. The highest BCUT2D eigenvalue weighted by Crippen LogP contribution is 2.24. The minimum absolute atomic E-state index is 0.161. The number of aryl methyl sites for hydroxylation is 1. The Labute approximate surface area is 173 Å². The molecule has 3 rings (SSSR count). The van der Waals surface area contributed by atoms with Crippen LogP contribution in [0.5, 0.6) is 0 Å². The van der Waals surface area contributed by atoms with Gasteiger partial charge >= 0.3 is 0 Å². The molecule has 1 atom stereocenters. The normalized spacial score (nSPS) is 22.3. The number of sulfonamides is 2. The van der Waals surface area contributed by atoms with Crippen LogP contribution in [0.2, 0.25) is 0 Å². The minimum Gasteiger partial charge on any atom is -0.348 e. The predicted octanol–water partition coefficient (Wildman–Crippen LogP) is 1.32. The second-order valence-electron chi connectivity index (χ2n) is 7.88. The van der Waals surface area contributed by atoms with Gasteiger partial charge in [-0.15, -0.1) is 0 Å². The molecule has 29 heavy (non-hydrogen) atoms. The highest BCUT2D eigenvalue weighted by Gasteiger charge is 2.30. The van der Waals surface area contributed by atoms with Gasteiger partial charge in [0.1, 0.15) is 0 Å². The van der Waals surface area contributed by atoms with Crippen molar-refractivity contribution in [3.05, 3.63) is 29.3 Å². The van der Waals surface area contributed by atoms with E-state index in [0.29, 0.717) is 38.0 Å². The number of rotatable bonds is 5. The Kier molecular flexibility index (Phi) is 6.67. The molecular formula is C19H29N3O5S2. The Morgan fingerprint density at radius 1 is 1.00 bits per heavy atom. The van der Waals surface area contributed by atoms with E-state index in [0.717, 1.165) is 25.5 Å². The molecule has 1 unspecified atom stereocenters. The average molecular weight is 444 g/mol. The van der Waals surface area contributed by atoms with E-state index in [4.69, 9.17) is 0 Å². The number of amides is 1. The fourth-order valence-corrected chi connectivity index (χ4v) is 6.57. The van der Waals surface area contributed by atoms with Crippen LogP contribution in [0.25, 0.3) is 0 Å². The summed E-state index contributed by atoms with van der Waals surface area (Å²) in [5.74, 6) is -0.388. The molecule has 1 amide bonds. The zero-order valence-corrected chi connectivity index (χ0v) is 18.6. The van der Waals surface area contributed by atoms with Gasteiger partial charge in [-0.25, -0.2) is 21.1 Å². The first-order valence-corrected chi connectivity index (χ1v) is 13.2. The molecule has 0 saturated carbocycles. The van der Waals surface area contributed by atoms with Crippen LogP contribution in [0.3, 0.4) is 0 Å². The number of hydrogen-bond acceptors (Lipinski definition) is 5. The molecule has 8 nitrogen and oxygen atoms in total. The number of carbonyl (C=O) groups is 1. The number of piperidine rings is 2. The lowest BCUT2D eigenvalue weighted by atomic mass is 10.1. The smallest absolute Gasteiger partial charge is 0.251 e. The lowest BCUT2D eigenvalue weighted by Gasteiger charge is -2.31. The van der Waals surface area contributed by atoms with Gasteiger partial charge in [-0.3, -0.25) is 4.79 Å². The molecule has 2 aliphatic heterocycles. The molecule has 2 heterocycles. The van der Waals surface area contributed by atoms with E-state index in [9.17, 15) is 21.6 Å². The maximum atomic E-state index is 13.0. The molecule has 0 aromatic heterocycles. The van der Waals surface area contributed by atoms with Crippen LogP contribution >= 0.6 is 0 Å². The Morgan fingerprint density at radius 3 is 2.31 bits per heavy atom. The summed E-state index contributed by atoms with van der Waals surface area (Å²) in [6, 6.07) is 4.40. The SMILES string of the molecule is Cc1ccc(C(=O)NC2CCCN(S(C)(=O)=O)C2)cc1S(=O)(=O)N1CCCCC1. The molecule has 1 N–H and O–H groups in total. The topological polar surface area (TPSA) is 104 Å².